The third-order valence-corrected chi connectivity index (χ3v) is 2.41. The van der Waals surface area contributed by atoms with Crippen LogP contribution < -0.4 is 0 Å². The molecule has 0 aromatic carbocycles. The molecule has 0 saturated carbocycles. The lowest BCUT2D eigenvalue weighted by Gasteiger charge is -2.27. The lowest BCUT2D eigenvalue weighted by Crippen LogP contribution is -2.25. The van der Waals surface area contributed by atoms with Gasteiger partial charge in [-0.1, -0.05) is 19.1 Å². The highest BCUT2D eigenvalue weighted by Crippen LogP contribution is 2.27. The molecule has 0 bridgehead atoms. The van der Waals surface area contributed by atoms with Crippen molar-refractivity contribution in [2.75, 3.05) is 13.2 Å². The highest BCUT2D eigenvalue weighted by atomic mass is 16.3. The molecule has 0 aliphatic heterocycles. The molecule has 2 nitrogen and oxygen atoms in total. The summed E-state index contributed by atoms with van der Waals surface area (Å²) in [6, 6.07) is 0. The van der Waals surface area contributed by atoms with Crippen LogP contribution in [-0.4, -0.2) is 23.4 Å². The molecule has 0 radical (unpaired) electrons. The molecule has 1 aliphatic carbocycles. The summed E-state index contributed by atoms with van der Waals surface area (Å²) in [6.07, 6.45) is 5.14. The first-order valence-electron chi connectivity index (χ1n) is 4.18. The molecule has 0 heterocycles. The lowest BCUT2D eigenvalue weighted by atomic mass is 9.80. The second-order valence-corrected chi connectivity index (χ2v) is 3.39. The normalized spacial score (nSPS) is 37.5. The highest BCUT2D eigenvalue weighted by molar-refractivity contribution is 4.99. The Balaban J connectivity index is 2.56. The molecule has 2 N–H and O–H groups in total. The molecule has 0 amide bonds. The fourth-order valence-corrected chi connectivity index (χ4v) is 1.64. The van der Waals surface area contributed by atoms with Gasteiger partial charge in [0.1, 0.15) is 0 Å². The molecule has 0 fully saturated rings. The summed E-state index contributed by atoms with van der Waals surface area (Å²) in [5, 5.41) is 17.9. The minimum Gasteiger partial charge on any atom is -0.396 e. The smallest absolute Gasteiger partial charge is 0.0497 e. The maximum absolute atomic E-state index is 8.97. The van der Waals surface area contributed by atoms with Gasteiger partial charge in [0, 0.05) is 19.1 Å². The molecule has 0 spiro atoms. The second-order valence-electron chi connectivity index (χ2n) is 3.39. The van der Waals surface area contributed by atoms with Gasteiger partial charge in [-0.25, -0.2) is 0 Å². The summed E-state index contributed by atoms with van der Waals surface area (Å²) in [4.78, 5) is 0. The van der Waals surface area contributed by atoms with E-state index in [-0.39, 0.29) is 25.0 Å². The van der Waals surface area contributed by atoms with Gasteiger partial charge in [-0.3, -0.25) is 0 Å². The molecule has 11 heavy (non-hydrogen) atoms. The summed E-state index contributed by atoms with van der Waals surface area (Å²) < 4.78 is 0. The van der Waals surface area contributed by atoms with Crippen LogP contribution in [0.25, 0.3) is 0 Å². The Bertz CT molecular complexity index is 142. The van der Waals surface area contributed by atoms with Crippen molar-refractivity contribution >= 4 is 0 Å². The topological polar surface area (TPSA) is 40.5 Å². The predicted molar refractivity (Wildman–Crippen MR) is 44.1 cm³/mol. The van der Waals surface area contributed by atoms with Gasteiger partial charge in [0.05, 0.1) is 0 Å². The number of rotatable bonds is 2. The molecule has 0 saturated heterocycles. The Morgan fingerprint density at radius 3 is 2.55 bits per heavy atom. The van der Waals surface area contributed by atoms with Crippen LogP contribution >= 0.6 is 0 Å². The van der Waals surface area contributed by atoms with Gasteiger partial charge in [-0.15, -0.1) is 0 Å². The Morgan fingerprint density at radius 1 is 1.27 bits per heavy atom. The van der Waals surface area contributed by atoms with E-state index in [1.165, 1.54) is 0 Å². The van der Waals surface area contributed by atoms with Crippen LogP contribution in [0.3, 0.4) is 0 Å². The number of allylic oxidation sites excluding steroid dienone is 1. The molecule has 2 heteroatoms. The van der Waals surface area contributed by atoms with E-state index in [4.69, 9.17) is 10.2 Å². The molecule has 3 atom stereocenters. The van der Waals surface area contributed by atoms with E-state index < -0.39 is 0 Å². The zero-order valence-electron chi connectivity index (χ0n) is 6.90. The minimum atomic E-state index is 0.161. The van der Waals surface area contributed by atoms with Crippen molar-refractivity contribution in [2.24, 2.45) is 17.8 Å². The average Bonchev–Trinajstić information content (AvgIpc) is 2.04. The third kappa shape index (κ3) is 2.04. The maximum atomic E-state index is 8.97. The second kappa shape index (κ2) is 3.88. The van der Waals surface area contributed by atoms with Crippen molar-refractivity contribution in [3.8, 4) is 0 Å². The van der Waals surface area contributed by atoms with Crippen molar-refractivity contribution in [3.05, 3.63) is 12.2 Å². The van der Waals surface area contributed by atoms with Gasteiger partial charge >= 0.3 is 0 Å². The van der Waals surface area contributed by atoms with Crippen molar-refractivity contribution in [2.45, 2.75) is 13.3 Å². The first-order chi connectivity index (χ1) is 5.27. The van der Waals surface area contributed by atoms with Crippen LogP contribution in [-0.2, 0) is 0 Å². The minimum absolute atomic E-state index is 0.161. The summed E-state index contributed by atoms with van der Waals surface area (Å²) >= 11 is 0. The van der Waals surface area contributed by atoms with Gasteiger partial charge < -0.3 is 10.2 Å². The number of aliphatic hydroxyl groups is 2. The molecule has 0 unspecified atom stereocenters. The van der Waals surface area contributed by atoms with Crippen molar-refractivity contribution in [3.63, 3.8) is 0 Å². The largest absolute Gasteiger partial charge is 0.396 e. The first kappa shape index (κ1) is 8.75. The fraction of sp³-hybridized carbons (Fsp3) is 0.778. The molecule has 64 valence electrons. The maximum Gasteiger partial charge on any atom is 0.0497 e. The van der Waals surface area contributed by atoms with E-state index in [2.05, 4.69) is 13.0 Å². The first-order valence-corrected chi connectivity index (χ1v) is 4.18. The molecular weight excluding hydrogens is 140 g/mol. The summed E-state index contributed by atoms with van der Waals surface area (Å²) in [5.41, 5.74) is 0. The third-order valence-electron chi connectivity index (χ3n) is 2.41. The van der Waals surface area contributed by atoms with Gasteiger partial charge in [0.2, 0.25) is 0 Å². The van der Waals surface area contributed by atoms with E-state index in [1.807, 2.05) is 6.08 Å². The van der Waals surface area contributed by atoms with Crippen LogP contribution in [0.5, 0.6) is 0 Å². The van der Waals surface area contributed by atoms with E-state index in [0.29, 0.717) is 5.92 Å². The van der Waals surface area contributed by atoms with Crippen molar-refractivity contribution in [1.82, 2.24) is 0 Å². The molecule has 1 rings (SSSR count). The van der Waals surface area contributed by atoms with Crippen LogP contribution in [0.4, 0.5) is 0 Å². The van der Waals surface area contributed by atoms with Gasteiger partial charge in [-0.2, -0.15) is 0 Å². The number of hydrogen-bond donors (Lipinski definition) is 2. The van der Waals surface area contributed by atoms with Gasteiger partial charge in [0.15, 0.2) is 0 Å². The summed E-state index contributed by atoms with van der Waals surface area (Å²) in [7, 11) is 0. The SMILES string of the molecule is C[C@H]1C=C[C@@H](CO)[C@H](CO)C1. The predicted octanol–water partition coefficient (Wildman–Crippen LogP) is 0.799. The standard InChI is InChI=1S/C9H16O2/c1-7-2-3-8(5-10)9(4-7)6-11/h2-3,7-11H,4-6H2,1H3/t7-,8-,9-/m0/s1. The summed E-state index contributed by atoms with van der Waals surface area (Å²) in [6.45, 7) is 2.49. The van der Waals surface area contributed by atoms with Crippen LogP contribution in [0, 0.1) is 17.8 Å². The Labute approximate surface area is 67.6 Å². The fourth-order valence-electron chi connectivity index (χ4n) is 1.64. The monoisotopic (exact) mass is 156 g/mol. The Kier molecular flexibility index (Phi) is 3.09. The highest BCUT2D eigenvalue weighted by Gasteiger charge is 2.22. The van der Waals surface area contributed by atoms with Gasteiger partial charge in [-0.05, 0) is 18.3 Å². The lowest BCUT2D eigenvalue weighted by molar-refractivity contribution is 0.125. The van der Waals surface area contributed by atoms with Crippen LogP contribution in [0.15, 0.2) is 12.2 Å². The Hall–Kier alpha value is -0.340. The van der Waals surface area contributed by atoms with E-state index >= 15 is 0 Å². The molecular formula is C9H16O2. The molecule has 0 aromatic heterocycles. The number of hydrogen-bond acceptors (Lipinski definition) is 2. The van der Waals surface area contributed by atoms with E-state index in [9.17, 15) is 0 Å². The van der Waals surface area contributed by atoms with E-state index in [1.54, 1.807) is 0 Å². The summed E-state index contributed by atoms with van der Waals surface area (Å²) in [5.74, 6) is 0.992. The zero-order chi connectivity index (χ0) is 8.27. The van der Waals surface area contributed by atoms with Crippen molar-refractivity contribution in [1.29, 1.82) is 0 Å². The quantitative estimate of drug-likeness (QED) is 0.580. The van der Waals surface area contributed by atoms with Crippen LogP contribution in [0.1, 0.15) is 13.3 Å². The Morgan fingerprint density at radius 2 is 2.00 bits per heavy atom. The van der Waals surface area contributed by atoms with E-state index in [0.717, 1.165) is 6.42 Å². The van der Waals surface area contributed by atoms with Crippen molar-refractivity contribution < 1.29 is 10.2 Å². The average molecular weight is 156 g/mol. The molecule has 1 aliphatic rings. The van der Waals surface area contributed by atoms with Gasteiger partial charge in [0.25, 0.3) is 0 Å². The molecule has 0 aromatic rings. The number of aliphatic hydroxyl groups excluding tert-OH is 2. The zero-order valence-corrected chi connectivity index (χ0v) is 6.90. The van der Waals surface area contributed by atoms with Crippen LogP contribution in [0.2, 0.25) is 0 Å².